The molecule has 0 heterocycles. The van der Waals surface area contributed by atoms with Gasteiger partial charge in [0.15, 0.2) is 0 Å². The molecule has 8 nitrogen and oxygen atoms in total. The maximum absolute atomic E-state index is 12.7. The number of benzene rings is 2. The lowest BCUT2D eigenvalue weighted by molar-refractivity contribution is -0.144. The van der Waals surface area contributed by atoms with Crippen LogP contribution in [0.1, 0.15) is 176 Å². The Labute approximate surface area is 347 Å². The fourth-order valence-electron chi connectivity index (χ4n) is 13.2. The van der Waals surface area contributed by atoms with Gasteiger partial charge >= 0.3 is 11.9 Å². The van der Waals surface area contributed by atoms with E-state index < -0.39 is 0 Å². The number of unbranched alkanes of at least 4 members (excludes halogenated alkanes) is 7. The van der Waals surface area contributed by atoms with E-state index in [1.165, 1.54) is 47.9 Å². The average molecular weight is 793 g/mol. The van der Waals surface area contributed by atoms with Crippen LogP contribution in [0.5, 0.6) is 11.5 Å². The predicted octanol–water partition coefficient (Wildman–Crippen LogP) is 11.8. The Hall–Kier alpha value is -3.68. The van der Waals surface area contributed by atoms with Gasteiger partial charge in [0, 0.05) is 23.7 Å². The second-order valence-electron chi connectivity index (χ2n) is 19.3. The van der Waals surface area contributed by atoms with Crippen molar-refractivity contribution in [3.05, 3.63) is 58.7 Å². The van der Waals surface area contributed by atoms with Crippen LogP contribution in [0.15, 0.2) is 46.7 Å². The molecule has 8 heteroatoms. The van der Waals surface area contributed by atoms with Crippen LogP contribution in [0.25, 0.3) is 0 Å². The van der Waals surface area contributed by atoms with E-state index >= 15 is 0 Å². The summed E-state index contributed by atoms with van der Waals surface area (Å²) in [7, 11) is 3.50. The fraction of sp³-hybridized carbons (Fsp3) is 0.680. The minimum atomic E-state index is -0.197. The van der Waals surface area contributed by atoms with E-state index in [0.29, 0.717) is 48.3 Å². The van der Waals surface area contributed by atoms with E-state index in [1.54, 1.807) is 14.2 Å². The number of ether oxygens (including phenoxy) is 2. The third-order valence-electron chi connectivity index (χ3n) is 16.4. The summed E-state index contributed by atoms with van der Waals surface area (Å²) in [4.78, 5) is 36.4. The third-order valence-corrected chi connectivity index (χ3v) is 16.4. The molecule has 0 aliphatic heterocycles. The quantitative estimate of drug-likeness (QED) is 0.101. The minimum Gasteiger partial charge on any atom is -0.497 e. The van der Waals surface area contributed by atoms with E-state index in [1.807, 2.05) is 0 Å². The van der Waals surface area contributed by atoms with Crippen LogP contribution < -0.4 is 9.47 Å². The normalized spacial score (nSPS) is 32.0. The lowest BCUT2D eigenvalue weighted by atomic mass is 9.55. The molecule has 6 aliphatic carbocycles. The van der Waals surface area contributed by atoms with Crippen LogP contribution in [0.2, 0.25) is 0 Å². The number of oxime groups is 2. The second-order valence-corrected chi connectivity index (χ2v) is 19.3. The van der Waals surface area contributed by atoms with Crippen LogP contribution in [0, 0.1) is 34.5 Å². The number of carbonyl (C=O) groups excluding carboxylic acids is 2. The Morgan fingerprint density at radius 2 is 0.983 bits per heavy atom. The first kappa shape index (κ1) is 41.1. The maximum Gasteiger partial charge on any atom is 0.335 e. The van der Waals surface area contributed by atoms with E-state index in [2.05, 4.69) is 60.6 Å². The van der Waals surface area contributed by atoms with Crippen molar-refractivity contribution in [1.82, 2.24) is 0 Å². The molecule has 0 N–H and O–H groups in total. The van der Waals surface area contributed by atoms with Crippen LogP contribution >= 0.6 is 0 Å². The Balaban J connectivity index is 0.676. The monoisotopic (exact) mass is 793 g/mol. The molecule has 4 saturated carbocycles. The Bertz CT molecular complexity index is 1740. The molecule has 2 aromatic rings. The molecule has 0 aromatic heterocycles. The summed E-state index contributed by atoms with van der Waals surface area (Å²) in [5, 5.41) is 9.07. The van der Waals surface area contributed by atoms with Crippen LogP contribution in [0.4, 0.5) is 0 Å². The molecular formula is C50H68N2O6. The van der Waals surface area contributed by atoms with Crippen LogP contribution in [-0.4, -0.2) is 37.6 Å². The van der Waals surface area contributed by atoms with E-state index in [4.69, 9.17) is 19.1 Å². The topological polar surface area (TPSA) is 95.8 Å². The lowest BCUT2D eigenvalue weighted by Crippen LogP contribution is -2.42. The highest BCUT2D eigenvalue weighted by Gasteiger charge is 2.55. The molecular weight excluding hydrogens is 725 g/mol. The van der Waals surface area contributed by atoms with E-state index in [0.717, 1.165) is 126 Å². The zero-order chi connectivity index (χ0) is 40.3. The molecule has 6 aliphatic rings. The molecule has 0 bridgehead atoms. The van der Waals surface area contributed by atoms with Crippen molar-refractivity contribution in [3.63, 3.8) is 0 Å². The summed E-state index contributed by atoms with van der Waals surface area (Å²) >= 11 is 0. The minimum absolute atomic E-state index is 0.0390. The van der Waals surface area contributed by atoms with Gasteiger partial charge in [-0.15, -0.1) is 0 Å². The highest BCUT2D eigenvalue weighted by atomic mass is 16.7. The summed E-state index contributed by atoms with van der Waals surface area (Å²) in [6.07, 6.45) is 22.5. The first-order chi connectivity index (χ1) is 28.2. The van der Waals surface area contributed by atoms with Crippen molar-refractivity contribution in [2.24, 2.45) is 44.8 Å². The van der Waals surface area contributed by atoms with Crippen LogP contribution in [0.3, 0.4) is 0 Å². The molecule has 2 aromatic carbocycles. The SMILES string of the molecule is COc1ccc2c(c1)CC[C@@H]1[C@@H]2CC[C@]2(C)/C(=N/OC(=O)CCCCCCCCCCC(=O)O/N=C3\CC[C@H]4[C@@H]5CCc6cc(OC)ccc6[C@H]5CC[C@]34C)CC[C@@H]12. The lowest BCUT2D eigenvalue weighted by Gasteiger charge is -2.49. The van der Waals surface area contributed by atoms with Gasteiger partial charge in [0.2, 0.25) is 0 Å². The molecule has 58 heavy (non-hydrogen) atoms. The van der Waals surface area contributed by atoms with Crippen molar-refractivity contribution >= 4 is 23.4 Å². The number of rotatable bonds is 15. The number of hydrogen-bond acceptors (Lipinski definition) is 8. The molecule has 0 spiro atoms. The largest absolute Gasteiger partial charge is 0.497 e. The zero-order valence-electron chi connectivity index (χ0n) is 35.8. The van der Waals surface area contributed by atoms with E-state index in [9.17, 15) is 9.59 Å². The summed E-state index contributed by atoms with van der Waals surface area (Å²) < 4.78 is 11.0. The first-order valence-corrected chi connectivity index (χ1v) is 23.1. The smallest absolute Gasteiger partial charge is 0.335 e. The summed E-state index contributed by atoms with van der Waals surface area (Å²) in [5.41, 5.74) is 8.27. The average Bonchev–Trinajstić information content (AvgIpc) is 3.77. The molecule has 8 atom stereocenters. The Morgan fingerprint density at radius 3 is 1.40 bits per heavy atom. The van der Waals surface area contributed by atoms with Gasteiger partial charge in [-0.3, -0.25) is 0 Å². The number of fused-ring (bicyclic) bond motifs is 10. The van der Waals surface area contributed by atoms with Gasteiger partial charge in [-0.1, -0.05) is 74.8 Å². The van der Waals surface area contributed by atoms with Crippen molar-refractivity contribution in [2.45, 2.75) is 167 Å². The van der Waals surface area contributed by atoms with E-state index in [-0.39, 0.29) is 22.8 Å². The highest BCUT2D eigenvalue weighted by molar-refractivity contribution is 5.93. The second kappa shape index (κ2) is 17.9. The van der Waals surface area contributed by atoms with Gasteiger partial charge in [-0.05, 0) is 172 Å². The molecule has 314 valence electrons. The first-order valence-electron chi connectivity index (χ1n) is 23.1. The highest BCUT2D eigenvalue weighted by Crippen LogP contribution is 2.61. The fourth-order valence-corrected chi connectivity index (χ4v) is 13.2. The molecule has 0 unspecified atom stereocenters. The van der Waals surface area contributed by atoms with Crippen molar-refractivity contribution in [2.75, 3.05) is 14.2 Å². The van der Waals surface area contributed by atoms with Gasteiger partial charge in [-0.25, -0.2) is 9.59 Å². The summed E-state index contributed by atoms with van der Waals surface area (Å²) in [6, 6.07) is 13.3. The summed E-state index contributed by atoms with van der Waals surface area (Å²) in [5.74, 6) is 5.32. The number of hydrogen-bond donors (Lipinski definition) is 0. The molecule has 0 radical (unpaired) electrons. The van der Waals surface area contributed by atoms with Gasteiger partial charge in [0.25, 0.3) is 0 Å². The van der Waals surface area contributed by atoms with Gasteiger partial charge in [-0.2, -0.15) is 0 Å². The van der Waals surface area contributed by atoms with Crippen molar-refractivity contribution < 1.29 is 28.7 Å². The van der Waals surface area contributed by atoms with Crippen molar-refractivity contribution in [3.8, 4) is 11.5 Å². The third kappa shape index (κ3) is 8.24. The zero-order valence-corrected chi connectivity index (χ0v) is 35.8. The standard InChI is InChI=1S/C50H68N2O6/c1-49-29-27-39-37-21-17-35(55-3)31-33(37)15-19-41(39)43(49)23-25-45(49)51-57-47(53)13-11-9-7-5-6-8-10-12-14-48(54)58-52-46-26-24-44-42-20-16-34-32-36(56-4)18-22-38(34)40(42)28-30-50(44,46)2/h17-18,21-22,31-32,39-44H,5-16,19-20,23-30H2,1-4H3/b51-45+,52-46+/t39-,40-,41-,42-,43+,44+,49+,50+/m1/s1. The Morgan fingerprint density at radius 1 is 0.569 bits per heavy atom. The van der Waals surface area contributed by atoms with Gasteiger partial charge in [0.05, 0.1) is 25.6 Å². The summed E-state index contributed by atoms with van der Waals surface area (Å²) in [6.45, 7) is 4.75. The number of carbonyl (C=O) groups is 2. The number of nitrogens with zero attached hydrogens (tertiary/aromatic N) is 2. The van der Waals surface area contributed by atoms with Crippen molar-refractivity contribution in [1.29, 1.82) is 0 Å². The number of aryl methyl sites for hydroxylation is 2. The predicted molar refractivity (Wildman–Crippen MR) is 228 cm³/mol. The molecule has 4 fully saturated rings. The Kier molecular flexibility index (Phi) is 12.7. The molecule has 0 saturated heterocycles. The molecule has 8 rings (SSSR count). The van der Waals surface area contributed by atoms with Gasteiger partial charge < -0.3 is 19.1 Å². The maximum atomic E-state index is 12.7. The number of methoxy groups -OCH3 is 2. The van der Waals surface area contributed by atoms with Crippen LogP contribution in [-0.2, 0) is 32.1 Å². The molecule has 0 amide bonds. The van der Waals surface area contributed by atoms with Gasteiger partial charge in [0.1, 0.15) is 11.5 Å².